The van der Waals surface area contributed by atoms with E-state index in [2.05, 4.69) is 12.2 Å². The Morgan fingerprint density at radius 2 is 2.21 bits per heavy atom. The van der Waals surface area contributed by atoms with Crippen LogP contribution < -0.4 is 5.32 Å². The summed E-state index contributed by atoms with van der Waals surface area (Å²) >= 11 is 0. The zero-order valence-corrected chi connectivity index (χ0v) is 8.57. The van der Waals surface area contributed by atoms with Crippen molar-refractivity contribution in [3.05, 3.63) is 0 Å². The average Bonchev–Trinajstić information content (AvgIpc) is 2.43. The van der Waals surface area contributed by atoms with Gasteiger partial charge in [-0.3, -0.25) is 4.79 Å². The SMILES string of the molecule is C[C@@H]1CN(C(=O)C2CNC2)C[C@@H]1CO. The summed E-state index contributed by atoms with van der Waals surface area (Å²) in [6.45, 7) is 5.52. The quantitative estimate of drug-likeness (QED) is 0.616. The number of aliphatic hydroxyl groups excluding tert-OH is 1. The molecule has 2 heterocycles. The van der Waals surface area contributed by atoms with Crippen LogP contribution in [0.1, 0.15) is 6.92 Å². The summed E-state index contributed by atoms with van der Waals surface area (Å²) in [4.78, 5) is 13.8. The Kier molecular flexibility index (Phi) is 2.74. The molecule has 2 rings (SSSR count). The molecule has 0 aromatic heterocycles. The first-order valence-corrected chi connectivity index (χ1v) is 5.32. The first kappa shape index (κ1) is 9.93. The summed E-state index contributed by atoms with van der Waals surface area (Å²) in [5, 5.41) is 12.2. The van der Waals surface area contributed by atoms with Crippen LogP contribution in [0.4, 0.5) is 0 Å². The maximum absolute atomic E-state index is 11.8. The maximum Gasteiger partial charge on any atom is 0.228 e. The Balaban J connectivity index is 1.90. The van der Waals surface area contributed by atoms with Crippen molar-refractivity contribution in [1.82, 2.24) is 10.2 Å². The molecule has 0 saturated carbocycles. The van der Waals surface area contributed by atoms with Gasteiger partial charge in [-0.2, -0.15) is 0 Å². The lowest BCUT2D eigenvalue weighted by Gasteiger charge is -2.30. The number of likely N-dealkylation sites (tertiary alicyclic amines) is 1. The highest BCUT2D eigenvalue weighted by atomic mass is 16.3. The van der Waals surface area contributed by atoms with E-state index in [1.807, 2.05) is 4.90 Å². The summed E-state index contributed by atoms with van der Waals surface area (Å²) in [7, 11) is 0. The van der Waals surface area contributed by atoms with Crippen molar-refractivity contribution in [2.75, 3.05) is 32.8 Å². The first-order valence-electron chi connectivity index (χ1n) is 5.32. The van der Waals surface area contributed by atoms with E-state index in [4.69, 9.17) is 5.11 Å². The molecular formula is C10H18N2O2. The number of hydrogen-bond donors (Lipinski definition) is 2. The maximum atomic E-state index is 11.8. The van der Waals surface area contributed by atoms with E-state index in [0.29, 0.717) is 5.92 Å². The molecular weight excluding hydrogens is 180 g/mol. The van der Waals surface area contributed by atoms with Crippen LogP contribution in [0, 0.1) is 17.8 Å². The second-order valence-electron chi connectivity index (χ2n) is 4.52. The minimum absolute atomic E-state index is 0.194. The molecule has 0 aromatic rings. The third kappa shape index (κ3) is 1.64. The molecule has 80 valence electrons. The molecule has 0 spiro atoms. The van der Waals surface area contributed by atoms with Crippen LogP contribution in [0.25, 0.3) is 0 Å². The van der Waals surface area contributed by atoms with Gasteiger partial charge in [-0.15, -0.1) is 0 Å². The lowest BCUT2D eigenvalue weighted by atomic mass is 10.00. The van der Waals surface area contributed by atoms with Crippen LogP contribution in [-0.4, -0.2) is 48.7 Å². The monoisotopic (exact) mass is 198 g/mol. The highest BCUT2D eigenvalue weighted by Gasteiger charge is 2.36. The predicted octanol–water partition coefficient (Wildman–Crippen LogP) is -0.707. The normalized spacial score (nSPS) is 33.1. The summed E-state index contributed by atoms with van der Waals surface area (Å²) in [6.07, 6.45) is 0. The number of nitrogens with one attached hydrogen (secondary N) is 1. The van der Waals surface area contributed by atoms with E-state index in [0.717, 1.165) is 26.2 Å². The van der Waals surface area contributed by atoms with E-state index < -0.39 is 0 Å². The van der Waals surface area contributed by atoms with Gasteiger partial charge in [0.15, 0.2) is 0 Å². The van der Waals surface area contributed by atoms with Gasteiger partial charge in [-0.1, -0.05) is 6.92 Å². The van der Waals surface area contributed by atoms with Gasteiger partial charge >= 0.3 is 0 Å². The molecule has 2 aliphatic rings. The smallest absolute Gasteiger partial charge is 0.228 e. The number of aliphatic hydroxyl groups is 1. The molecule has 2 saturated heterocycles. The number of nitrogens with zero attached hydrogens (tertiary/aromatic N) is 1. The lowest BCUT2D eigenvalue weighted by molar-refractivity contribution is -0.136. The van der Waals surface area contributed by atoms with E-state index in [1.54, 1.807) is 0 Å². The van der Waals surface area contributed by atoms with Crippen LogP contribution >= 0.6 is 0 Å². The standard InChI is InChI=1S/C10H18N2O2/c1-7-4-12(5-9(7)6-13)10(14)8-2-11-3-8/h7-9,11,13H,2-6H2,1H3/t7-,9-/m1/s1. The summed E-state index contributed by atoms with van der Waals surface area (Å²) in [5.41, 5.74) is 0. The molecule has 1 amide bonds. The molecule has 4 heteroatoms. The van der Waals surface area contributed by atoms with Crippen molar-refractivity contribution in [3.8, 4) is 0 Å². The van der Waals surface area contributed by atoms with Crippen LogP contribution in [0.15, 0.2) is 0 Å². The van der Waals surface area contributed by atoms with Gasteiger partial charge in [-0.05, 0) is 5.92 Å². The summed E-state index contributed by atoms with van der Waals surface area (Å²) < 4.78 is 0. The van der Waals surface area contributed by atoms with Crippen molar-refractivity contribution >= 4 is 5.91 Å². The molecule has 4 nitrogen and oxygen atoms in total. The number of carbonyl (C=O) groups is 1. The molecule has 2 aliphatic heterocycles. The van der Waals surface area contributed by atoms with Crippen LogP contribution in [-0.2, 0) is 4.79 Å². The number of carbonyl (C=O) groups excluding carboxylic acids is 1. The molecule has 0 bridgehead atoms. The van der Waals surface area contributed by atoms with Crippen molar-refractivity contribution < 1.29 is 9.90 Å². The molecule has 2 fully saturated rings. The highest BCUT2D eigenvalue weighted by Crippen LogP contribution is 2.24. The molecule has 2 atom stereocenters. The van der Waals surface area contributed by atoms with Gasteiger partial charge in [0.1, 0.15) is 0 Å². The first-order chi connectivity index (χ1) is 6.72. The second-order valence-corrected chi connectivity index (χ2v) is 4.52. The van der Waals surface area contributed by atoms with Gasteiger partial charge in [0.05, 0.1) is 5.92 Å². The van der Waals surface area contributed by atoms with Crippen LogP contribution in [0.3, 0.4) is 0 Å². The topological polar surface area (TPSA) is 52.6 Å². The van der Waals surface area contributed by atoms with Gasteiger partial charge < -0.3 is 15.3 Å². The fourth-order valence-corrected chi connectivity index (χ4v) is 2.17. The lowest BCUT2D eigenvalue weighted by Crippen LogP contribution is -2.51. The van der Waals surface area contributed by atoms with Gasteiger partial charge in [0.2, 0.25) is 5.91 Å². The van der Waals surface area contributed by atoms with E-state index >= 15 is 0 Å². The third-order valence-electron chi connectivity index (χ3n) is 3.44. The third-order valence-corrected chi connectivity index (χ3v) is 3.44. The summed E-state index contributed by atoms with van der Waals surface area (Å²) in [6, 6.07) is 0. The van der Waals surface area contributed by atoms with Crippen LogP contribution in [0.2, 0.25) is 0 Å². The minimum atomic E-state index is 0.194. The van der Waals surface area contributed by atoms with Gasteiger partial charge in [0.25, 0.3) is 0 Å². The minimum Gasteiger partial charge on any atom is -0.396 e. The molecule has 14 heavy (non-hydrogen) atoms. The molecule has 2 N–H and O–H groups in total. The Morgan fingerprint density at radius 1 is 1.50 bits per heavy atom. The Hall–Kier alpha value is -0.610. The Morgan fingerprint density at radius 3 is 2.64 bits per heavy atom. The Labute approximate surface area is 84.3 Å². The van der Waals surface area contributed by atoms with E-state index in [9.17, 15) is 4.79 Å². The fourth-order valence-electron chi connectivity index (χ4n) is 2.17. The number of amides is 1. The van der Waals surface area contributed by atoms with Gasteiger partial charge in [0, 0.05) is 38.7 Å². The highest BCUT2D eigenvalue weighted by molar-refractivity contribution is 5.80. The van der Waals surface area contributed by atoms with Crippen LogP contribution in [0.5, 0.6) is 0 Å². The molecule has 0 aliphatic carbocycles. The molecule has 0 unspecified atom stereocenters. The number of hydrogen-bond acceptors (Lipinski definition) is 3. The van der Waals surface area contributed by atoms with E-state index in [1.165, 1.54) is 0 Å². The predicted molar refractivity (Wildman–Crippen MR) is 52.7 cm³/mol. The fraction of sp³-hybridized carbons (Fsp3) is 0.900. The zero-order chi connectivity index (χ0) is 10.1. The Bertz CT molecular complexity index is 228. The second kappa shape index (κ2) is 3.87. The molecule has 0 aromatic carbocycles. The van der Waals surface area contributed by atoms with E-state index in [-0.39, 0.29) is 24.3 Å². The zero-order valence-electron chi connectivity index (χ0n) is 8.57. The van der Waals surface area contributed by atoms with Crippen molar-refractivity contribution in [1.29, 1.82) is 0 Å². The summed E-state index contributed by atoms with van der Waals surface area (Å²) in [5.74, 6) is 1.19. The van der Waals surface area contributed by atoms with Gasteiger partial charge in [-0.25, -0.2) is 0 Å². The average molecular weight is 198 g/mol. The number of rotatable bonds is 2. The van der Waals surface area contributed by atoms with Crippen molar-refractivity contribution in [3.63, 3.8) is 0 Å². The van der Waals surface area contributed by atoms with Crippen molar-refractivity contribution in [2.24, 2.45) is 17.8 Å². The molecule has 0 radical (unpaired) electrons. The van der Waals surface area contributed by atoms with Crippen molar-refractivity contribution in [2.45, 2.75) is 6.92 Å². The largest absolute Gasteiger partial charge is 0.396 e.